The summed E-state index contributed by atoms with van der Waals surface area (Å²) in [7, 11) is 1.37. The molecule has 0 rings (SSSR count). The van der Waals surface area contributed by atoms with E-state index >= 15 is 0 Å². The summed E-state index contributed by atoms with van der Waals surface area (Å²) in [5.41, 5.74) is 0. The van der Waals surface area contributed by atoms with E-state index in [1.165, 1.54) is 154 Å². The molecule has 0 saturated heterocycles. The van der Waals surface area contributed by atoms with Crippen molar-refractivity contribution in [1.82, 2.24) is 0 Å². The van der Waals surface area contributed by atoms with Gasteiger partial charge in [-0.3, -0.25) is 9.36 Å². The predicted octanol–water partition coefficient (Wildman–Crippen LogP) is 11.9. The maximum absolute atomic E-state index is 12.7. The molecular formula is C42H86NO7P. The van der Waals surface area contributed by atoms with Crippen LogP contribution in [-0.2, 0) is 27.9 Å². The third kappa shape index (κ3) is 40.5. The summed E-state index contributed by atoms with van der Waals surface area (Å²) in [4.78, 5) is 25.0. The molecule has 2 atom stereocenters. The van der Waals surface area contributed by atoms with Crippen molar-refractivity contribution in [3.8, 4) is 0 Å². The van der Waals surface area contributed by atoms with Crippen LogP contribution in [0, 0.1) is 0 Å². The second-order valence-corrected chi connectivity index (χ2v) is 17.5. The highest BCUT2D eigenvalue weighted by atomic mass is 31.2. The fourth-order valence-electron chi connectivity index (χ4n) is 6.25. The lowest BCUT2D eigenvalue weighted by molar-refractivity contribution is -0.870. The summed E-state index contributed by atoms with van der Waals surface area (Å²) in [6, 6.07) is 0. The Labute approximate surface area is 317 Å². The zero-order valence-corrected chi connectivity index (χ0v) is 35.5. The molecule has 0 aliphatic rings. The Morgan fingerprint density at radius 3 is 1.29 bits per heavy atom. The number of nitrogens with zero attached hydrogens (tertiary/aromatic N) is 1. The quantitative estimate of drug-likeness (QED) is 0.0266. The Hall–Kier alpha value is -0.500. The highest BCUT2D eigenvalue weighted by Gasteiger charge is 2.20. The Balaban J connectivity index is 4.20. The van der Waals surface area contributed by atoms with Crippen LogP contribution in [0.2, 0.25) is 0 Å². The minimum atomic E-state index is -4.51. The molecule has 2 unspecified atom stereocenters. The number of unbranched alkanes of at least 4 members (excludes halogenated alkanes) is 27. The molecule has 0 N–H and O–H groups in total. The molecule has 0 aliphatic carbocycles. The van der Waals surface area contributed by atoms with Crippen LogP contribution in [-0.4, -0.2) is 70.7 Å². The van der Waals surface area contributed by atoms with E-state index in [4.69, 9.17) is 18.5 Å². The van der Waals surface area contributed by atoms with Gasteiger partial charge in [0.1, 0.15) is 19.3 Å². The Morgan fingerprint density at radius 1 is 0.529 bits per heavy atom. The maximum Gasteiger partial charge on any atom is 0.306 e. The van der Waals surface area contributed by atoms with Crippen LogP contribution in [0.5, 0.6) is 0 Å². The van der Waals surface area contributed by atoms with Crippen LogP contribution in [0.25, 0.3) is 0 Å². The van der Waals surface area contributed by atoms with E-state index in [1.807, 2.05) is 21.1 Å². The zero-order valence-electron chi connectivity index (χ0n) is 34.6. The first kappa shape index (κ1) is 50.5. The van der Waals surface area contributed by atoms with Crippen LogP contribution in [0.4, 0.5) is 0 Å². The lowest BCUT2D eigenvalue weighted by Crippen LogP contribution is -2.37. The Morgan fingerprint density at radius 2 is 0.902 bits per heavy atom. The van der Waals surface area contributed by atoms with Crippen molar-refractivity contribution in [3.05, 3.63) is 0 Å². The summed E-state index contributed by atoms with van der Waals surface area (Å²) in [6.07, 6.45) is 36.7. The average molecular weight is 748 g/mol. The standard InChI is InChI=1S/C42H86NO7P/c1-6-8-10-12-14-16-18-20-22-23-25-27-29-31-33-35-42(44)50-41(40-49-51(45,46)48-38-36-43(3,4)5)39-47-37-34-32-30-28-26-24-21-19-17-15-13-11-9-7-2/h41H,6-40H2,1-5H3. The number of likely N-dealkylation sites (N-methyl/N-ethyl adjacent to an activating group) is 1. The number of ether oxygens (including phenoxy) is 2. The van der Waals surface area contributed by atoms with Gasteiger partial charge in [-0.25, -0.2) is 0 Å². The van der Waals surface area contributed by atoms with Crippen molar-refractivity contribution in [2.24, 2.45) is 0 Å². The van der Waals surface area contributed by atoms with Crippen LogP contribution in [0.15, 0.2) is 0 Å². The number of hydrogen-bond acceptors (Lipinski definition) is 7. The van der Waals surface area contributed by atoms with E-state index < -0.39 is 13.9 Å². The first-order chi connectivity index (χ1) is 24.6. The van der Waals surface area contributed by atoms with Gasteiger partial charge in [-0.15, -0.1) is 0 Å². The lowest BCUT2D eigenvalue weighted by Gasteiger charge is -2.28. The van der Waals surface area contributed by atoms with Gasteiger partial charge in [0.2, 0.25) is 0 Å². The number of phosphoric ester groups is 1. The molecular weight excluding hydrogens is 661 g/mol. The van der Waals surface area contributed by atoms with Gasteiger partial charge in [0.15, 0.2) is 0 Å². The van der Waals surface area contributed by atoms with E-state index in [-0.39, 0.29) is 25.8 Å². The van der Waals surface area contributed by atoms with Crippen molar-refractivity contribution in [1.29, 1.82) is 0 Å². The molecule has 0 heterocycles. The fourth-order valence-corrected chi connectivity index (χ4v) is 6.98. The summed E-state index contributed by atoms with van der Waals surface area (Å²) in [5, 5.41) is 0. The van der Waals surface area contributed by atoms with Crippen LogP contribution in [0.1, 0.15) is 206 Å². The molecule has 8 nitrogen and oxygen atoms in total. The highest BCUT2D eigenvalue weighted by Crippen LogP contribution is 2.38. The highest BCUT2D eigenvalue weighted by molar-refractivity contribution is 7.45. The number of hydrogen-bond donors (Lipinski definition) is 0. The molecule has 0 bridgehead atoms. The van der Waals surface area contributed by atoms with E-state index in [0.29, 0.717) is 24.1 Å². The molecule has 0 saturated carbocycles. The Kier molecular flexibility index (Phi) is 36.1. The molecule has 0 spiro atoms. The predicted molar refractivity (Wildman–Crippen MR) is 213 cm³/mol. The lowest BCUT2D eigenvalue weighted by atomic mass is 10.0. The van der Waals surface area contributed by atoms with Crippen molar-refractivity contribution >= 4 is 13.8 Å². The van der Waals surface area contributed by atoms with Crippen LogP contribution < -0.4 is 4.89 Å². The number of carbonyl (C=O) groups is 1. The smallest absolute Gasteiger partial charge is 0.306 e. The normalized spacial score (nSPS) is 13.8. The summed E-state index contributed by atoms with van der Waals surface area (Å²) in [5.74, 6) is -0.329. The second kappa shape index (κ2) is 36.5. The molecule has 0 aromatic heterocycles. The average Bonchev–Trinajstić information content (AvgIpc) is 3.08. The van der Waals surface area contributed by atoms with Crippen molar-refractivity contribution in [2.45, 2.75) is 213 Å². The summed E-state index contributed by atoms with van der Waals surface area (Å²) >= 11 is 0. The topological polar surface area (TPSA) is 94.1 Å². The van der Waals surface area contributed by atoms with E-state index in [1.54, 1.807) is 0 Å². The number of esters is 1. The first-order valence-electron chi connectivity index (χ1n) is 21.8. The number of quaternary nitrogens is 1. The molecule has 306 valence electrons. The van der Waals surface area contributed by atoms with Crippen molar-refractivity contribution in [2.75, 3.05) is 54.1 Å². The Bertz CT molecular complexity index is 792. The fraction of sp³-hybridized carbons (Fsp3) is 0.976. The SMILES string of the molecule is CCCCCCCCCCCCCCCCCC(=O)OC(COCCCCCCCCCCCCCCCC)COP(=O)([O-])OCC[N+](C)(C)C. The summed E-state index contributed by atoms with van der Waals surface area (Å²) < 4.78 is 34.6. The van der Waals surface area contributed by atoms with Gasteiger partial charge in [-0.1, -0.05) is 187 Å². The number of phosphoric acid groups is 1. The van der Waals surface area contributed by atoms with Gasteiger partial charge in [-0.05, 0) is 12.8 Å². The molecule has 0 radical (unpaired) electrons. The van der Waals surface area contributed by atoms with Crippen molar-refractivity contribution < 1.29 is 37.3 Å². The van der Waals surface area contributed by atoms with E-state index in [0.717, 1.165) is 32.1 Å². The summed E-state index contributed by atoms with van der Waals surface area (Å²) in [6.45, 7) is 5.46. The molecule has 9 heteroatoms. The number of carbonyl (C=O) groups excluding carboxylic acids is 1. The van der Waals surface area contributed by atoms with Crippen molar-refractivity contribution in [3.63, 3.8) is 0 Å². The molecule has 51 heavy (non-hydrogen) atoms. The van der Waals surface area contributed by atoms with E-state index in [2.05, 4.69) is 13.8 Å². The monoisotopic (exact) mass is 748 g/mol. The first-order valence-corrected chi connectivity index (χ1v) is 23.2. The minimum Gasteiger partial charge on any atom is -0.756 e. The number of rotatable bonds is 41. The van der Waals surface area contributed by atoms with Gasteiger partial charge in [0.05, 0.1) is 34.4 Å². The van der Waals surface area contributed by atoms with E-state index in [9.17, 15) is 14.3 Å². The maximum atomic E-state index is 12.7. The second-order valence-electron chi connectivity index (χ2n) is 16.1. The third-order valence-corrected chi connectivity index (χ3v) is 10.6. The van der Waals surface area contributed by atoms with Gasteiger partial charge in [0, 0.05) is 13.0 Å². The molecule has 0 aromatic rings. The van der Waals surface area contributed by atoms with Gasteiger partial charge < -0.3 is 27.9 Å². The van der Waals surface area contributed by atoms with Crippen LogP contribution in [0.3, 0.4) is 0 Å². The van der Waals surface area contributed by atoms with Gasteiger partial charge in [-0.2, -0.15) is 0 Å². The third-order valence-electron chi connectivity index (χ3n) is 9.66. The van der Waals surface area contributed by atoms with Gasteiger partial charge in [0.25, 0.3) is 7.82 Å². The molecule has 0 aliphatic heterocycles. The zero-order chi connectivity index (χ0) is 37.7. The molecule has 0 fully saturated rings. The molecule has 0 amide bonds. The largest absolute Gasteiger partial charge is 0.756 e. The minimum absolute atomic E-state index is 0.0313. The molecule has 0 aromatic carbocycles. The van der Waals surface area contributed by atoms with Gasteiger partial charge >= 0.3 is 5.97 Å². The van der Waals surface area contributed by atoms with Crippen LogP contribution >= 0.6 is 7.82 Å².